The third-order valence-electron chi connectivity index (χ3n) is 5.83. The van der Waals surface area contributed by atoms with Gasteiger partial charge in [-0.25, -0.2) is 4.98 Å². The van der Waals surface area contributed by atoms with Crippen molar-refractivity contribution in [3.05, 3.63) is 23.3 Å². The molecule has 1 saturated carbocycles. The molecule has 2 fully saturated rings. The molecule has 1 aromatic carbocycles. The lowest BCUT2D eigenvalue weighted by Crippen LogP contribution is -2.46. The Kier molecular flexibility index (Phi) is 5.16. The molecule has 1 amide bonds. The van der Waals surface area contributed by atoms with E-state index in [2.05, 4.69) is 36.2 Å². The molecular weight excluding hydrogens is 342 g/mol. The summed E-state index contributed by atoms with van der Waals surface area (Å²) >= 11 is 1.76. The average Bonchev–Trinajstić information content (AvgIpc) is 3.07. The number of thiazole rings is 1. The van der Waals surface area contributed by atoms with Crippen LogP contribution in [0.2, 0.25) is 0 Å². The van der Waals surface area contributed by atoms with E-state index in [1.807, 2.05) is 0 Å². The van der Waals surface area contributed by atoms with E-state index in [0.29, 0.717) is 6.04 Å². The molecule has 140 valence electrons. The molecule has 26 heavy (non-hydrogen) atoms. The Hall–Kier alpha value is -1.62. The van der Waals surface area contributed by atoms with Gasteiger partial charge in [0.05, 0.1) is 16.1 Å². The number of carbonyl (C=O) groups is 1. The molecule has 1 N–H and O–H groups in total. The highest BCUT2D eigenvalue weighted by Gasteiger charge is 2.29. The Balaban J connectivity index is 1.46. The predicted molar refractivity (Wildman–Crippen MR) is 109 cm³/mol. The van der Waals surface area contributed by atoms with Crippen molar-refractivity contribution in [3.63, 3.8) is 0 Å². The summed E-state index contributed by atoms with van der Waals surface area (Å²) in [6.07, 6.45) is 8.20. The number of piperidine rings is 1. The van der Waals surface area contributed by atoms with Gasteiger partial charge in [0.15, 0.2) is 5.13 Å². The molecule has 1 saturated heterocycles. The Labute approximate surface area is 160 Å². The molecule has 2 aromatic rings. The number of hydrogen-bond donors (Lipinski definition) is 1. The molecule has 4 rings (SSSR count). The molecule has 1 aliphatic carbocycles. The van der Waals surface area contributed by atoms with Crippen LogP contribution in [0.4, 0.5) is 5.13 Å². The van der Waals surface area contributed by atoms with E-state index < -0.39 is 0 Å². The number of anilines is 1. The van der Waals surface area contributed by atoms with E-state index in [4.69, 9.17) is 4.98 Å². The number of carbonyl (C=O) groups excluding carboxylic acids is 1. The maximum absolute atomic E-state index is 12.8. The average molecular weight is 372 g/mol. The van der Waals surface area contributed by atoms with E-state index in [9.17, 15) is 4.79 Å². The molecular formula is C21H29N3OS. The number of aryl methyl sites for hydroxylation is 2. The van der Waals surface area contributed by atoms with Gasteiger partial charge in [-0.05, 0) is 56.7 Å². The summed E-state index contributed by atoms with van der Waals surface area (Å²) in [7, 11) is 0. The standard InChI is InChI=1S/C21H29N3OS/c1-14-11-15(2)19-18(12-14)26-21(23-19)24-10-6-7-16(13-24)20(25)22-17-8-4-3-5-9-17/h11-12,16-17H,3-10,13H2,1-2H3,(H,22,25)/t16-/m0/s1. The van der Waals surface area contributed by atoms with Crippen molar-refractivity contribution in [1.29, 1.82) is 0 Å². The highest BCUT2D eigenvalue weighted by molar-refractivity contribution is 7.22. The maximum Gasteiger partial charge on any atom is 0.225 e. The van der Waals surface area contributed by atoms with Crippen molar-refractivity contribution >= 4 is 32.6 Å². The summed E-state index contributed by atoms with van der Waals surface area (Å²) in [5, 5.41) is 4.39. The van der Waals surface area contributed by atoms with Gasteiger partial charge in [0, 0.05) is 19.1 Å². The van der Waals surface area contributed by atoms with Crippen LogP contribution in [0.5, 0.6) is 0 Å². The lowest BCUT2D eigenvalue weighted by Gasteiger charge is -2.33. The number of amides is 1. The Bertz CT molecular complexity index is 794. The minimum atomic E-state index is 0.0977. The first kappa shape index (κ1) is 17.8. The Morgan fingerprint density at radius 2 is 1.96 bits per heavy atom. The summed E-state index contributed by atoms with van der Waals surface area (Å²) < 4.78 is 1.26. The second-order valence-corrected chi connectivity index (χ2v) is 9.06. The molecule has 2 aliphatic rings. The summed E-state index contributed by atoms with van der Waals surface area (Å²) in [6.45, 7) is 6.08. The van der Waals surface area contributed by atoms with Gasteiger partial charge in [0.25, 0.3) is 0 Å². The van der Waals surface area contributed by atoms with E-state index in [-0.39, 0.29) is 11.8 Å². The summed E-state index contributed by atoms with van der Waals surface area (Å²) in [4.78, 5) is 20.0. The number of benzene rings is 1. The third kappa shape index (κ3) is 3.73. The molecule has 4 nitrogen and oxygen atoms in total. The van der Waals surface area contributed by atoms with E-state index in [0.717, 1.165) is 49.4 Å². The van der Waals surface area contributed by atoms with Gasteiger partial charge in [0.1, 0.15) is 0 Å². The second kappa shape index (κ2) is 7.55. The number of nitrogens with zero attached hydrogens (tertiary/aromatic N) is 2. The SMILES string of the molecule is Cc1cc(C)c2nc(N3CCC[C@H](C(=O)NC4CCCCC4)C3)sc2c1. The Morgan fingerprint density at radius 1 is 1.15 bits per heavy atom. The van der Waals surface area contributed by atoms with Gasteiger partial charge in [-0.1, -0.05) is 36.7 Å². The van der Waals surface area contributed by atoms with Crippen LogP contribution in [-0.4, -0.2) is 30.0 Å². The Morgan fingerprint density at radius 3 is 2.77 bits per heavy atom. The number of fused-ring (bicyclic) bond motifs is 1. The first-order chi connectivity index (χ1) is 12.6. The minimum absolute atomic E-state index is 0.0977. The van der Waals surface area contributed by atoms with Gasteiger partial charge >= 0.3 is 0 Å². The molecule has 2 heterocycles. The minimum Gasteiger partial charge on any atom is -0.353 e. The van der Waals surface area contributed by atoms with Crippen LogP contribution in [0, 0.1) is 19.8 Å². The summed E-state index contributed by atoms with van der Waals surface area (Å²) in [6, 6.07) is 4.82. The molecule has 1 aliphatic heterocycles. The van der Waals surface area contributed by atoms with Crippen LogP contribution >= 0.6 is 11.3 Å². The summed E-state index contributed by atoms with van der Waals surface area (Å²) in [5.41, 5.74) is 3.64. The van der Waals surface area contributed by atoms with E-state index >= 15 is 0 Å². The van der Waals surface area contributed by atoms with E-state index in [1.165, 1.54) is 35.1 Å². The van der Waals surface area contributed by atoms with Crippen LogP contribution in [0.15, 0.2) is 12.1 Å². The van der Waals surface area contributed by atoms with Crippen molar-refractivity contribution < 1.29 is 4.79 Å². The van der Waals surface area contributed by atoms with Gasteiger partial charge in [-0.3, -0.25) is 4.79 Å². The third-order valence-corrected chi connectivity index (χ3v) is 6.90. The number of aromatic nitrogens is 1. The molecule has 0 radical (unpaired) electrons. The molecule has 0 spiro atoms. The lowest BCUT2D eigenvalue weighted by atomic mass is 9.93. The van der Waals surface area contributed by atoms with Gasteiger partial charge in [-0.2, -0.15) is 0 Å². The number of hydrogen-bond acceptors (Lipinski definition) is 4. The second-order valence-electron chi connectivity index (χ2n) is 8.05. The topological polar surface area (TPSA) is 45.2 Å². The molecule has 0 bridgehead atoms. The molecule has 5 heteroatoms. The zero-order chi connectivity index (χ0) is 18.1. The zero-order valence-electron chi connectivity index (χ0n) is 15.9. The fourth-order valence-electron chi connectivity index (χ4n) is 4.43. The fourth-order valence-corrected chi connectivity index (χ4v) is 5.60. The van der Waals surface area contributed by atoms with Crippen LogP contribution in [0.1, 0.15) is 56.1 Å². The largest absolute Gasteiger partial charge is 0.353 e. The van der Waals surface area contributed by atoms with Crippen molar-refractivity contribution in [1.82, 2.24) is 10.3 Å². The van der Waals surface area contributed by atoms with Crippen LogP contribution in [0.3, 0.4) is 0 Å². The lowest BCUT2D eigenvalue weighted by molar-refractivity contribution is -0.126. The zero-order valence-corrected chi connectivity index (χ0v) is 16.7. The van der Waals surface area contributed by atoms with Crippen LogP contribution in [-0.2, 0) is 4.79 Å². The maximum atomic E-state index is 12.8. The monoisotopic (exact) mass is 371 g/mol. The quantitative estimate of drug-likeness (QED) is 0.859. The first-order valence-corrected chi connectivity index (χ1v) is 10.8. The molecule has 1 atom stereocenters. The number of rotatable bonds is 3. The van der Waals surface area contributed by atoms with Crippen LogP contribution in [0.25, 0.3) is 10.2 Å². The highest BCUT2D eigenvalue weighted by Crippen LogP contribution is 2.33. The number of nitrogens with one attached hydrogen (secondary N) is 1. The van der Waals surface area contributed by atoms with Gasteiger partial charge in [0.2, 0.25) is 5.91 Å². The van der Waals surface area contributed by atoms with E-state index in [1.54, 1.807) is 11.3 Å². The van der Waals surface area contributed by atoms with Gasteiger partial charge in [-0.15, -0.1) is 0 Å². The smallest absolute Gasteiger partial charge is 0.225 e. The molecule has 0 unspecified atom stereocenters. The van der Waals surface area contributed by atoms with Crippen molar-refractivity contribution in [2.75, 3.05) is 18.0 Å². The van der Waals surface area contributed by atoms with Crippen LogP contribution < -0.4 is 10.2 Å². The van der Waals surface area contributed by atoms with Gasteiger partial charge < -0.3 is 10.2 Å². The van der Waals surface area contributed by atoms with Crippen molar-refractivity contribution in [2.45, 2.75) is 64.8 Å². The fraction of sp³-hybridized carbons (Fsp3) is 0.619. The summed E-state index contributed by atoms with van der Waals surface area (Å²) in [5.74, 6) is 0.357. The normalized spacial score (nSPS) is 21.9. The molecule has 1 aromatic heterocycles. The van der Waals surface area contributed by atoms with Crippen molar-refractivity contribution in [2.24, 2.45) is 5.92 Å². The highest BCUT2D eigenvalue weighted by atomic mass is 32.1. The first-order valence-electron chi connectivity index (χ1n) is 10.0. The van der Waals surface area contributed by atoms with Crippen molar-refractivity contribution in [3.8, 4) is 0 Å². The predicted octanol–water partition coefficient (Wildman–Crippen LogP) is 4.58.